The second-order valence-corrected chi connectivity index (χ2v) is 7.47. The average Bonchev–Trinajstić information content (AvgIpc) is 2.50. The number of carbonyl (C=O) groups is 1. The SMILES string of the molecule is CCS(=O)(=O)N1CCC[C@@H](C(=O)Nc2ccc(F)cc2F)C1. The topological polar surface area (TPSA) is 66.5 Å². The molecular weight excluding hydrogens is 314 g/mol. The molecule has 1 aliphatic rings. The lowest BCUT2D eigenvalue weighted by Crippen LogP contribution is -2.44. The van der Waals surface area contributed by atoms with Gasteiger partial charge in [-0.05, 0) is 31.9 Å². The highest BCUT2D eigenvalue weighted by atomic mass is 32.2. The van der Waals surface area contributed by atoms with Gasteiger partial charge in [-0.3, -0.25) is 4.79 Å². The predicted octanol–water partition coefficient (Wildman–Crippen LogP) is 1.96. The normalized spacial score (nSPS) is 19.9. The molecule has 0 aliphatic carbocycles. The molecule has 0 radical (unpaired) electrons. The summed E-state index contributed by atoms with van der Waals surface area (Å²) in [6, 6.07) is 2.88. The number of piperidine rings is 1. The Hall–Kier alpha value is -1.54. The number of carbonyl (C=O) groups excluding carboxylic acids is 1. The van der Waals surface area contributed by atoms with Crippen molar-refractivity contribution in [3.63, 3.8) is 0 Å². The number of hydrogen-bond donors (Lipinski definition) is 1. The fourth-order valence-electron chi connectivity index (χ4n) is 2.42. The molecule has 1 N–H and O–H groups in total. The fourth-order valence-corrected chi connectivity index (χ4v) is 3.60. The Morgan fingerprint density at radius 1 is 1.41 bits per heavy atom. The summed E-state index contributed by atoms with van der Waals surface area (Å²) >= 11 is 0. The summed E-state index contributed by atoms with van der Waals surface area (Å²) in [5, 5.41) is 2.40. The number of nitrogens with one attached hydrogen (secondary N) is 1. The first-order chi connectivity index (χ1) is 10.3. The molecule has 1 aromatic carbocycles. The van der Waals surface area contributed by atoms with Crippen LogP contribution in [0.2, 0.25) is 0 Å². The number of rotatable bonds is 4. The van der Waals surface area contributed by atoms with E-state index in [9.17, 15) is 22.0 Å². The van der Waals surface area contributed by atoms with Crippen LogP contribution in [0.4, 0.5) is 14.5 Å². The van der Waals surface area contributed by atoms with Crippen LogP contribution < -0.4 is 5.32 Å². The Labute approximate surface area is 128 Å². The molecule has 5 nitrogen and oxygen atoms in total. The fraction of sp³-hybridized carbons (Fsp3) is 0.500. The van der Waals surface area contributed by atoms with Crippen molar-refractivity contribution in [1.29, 1.82) is 0 Å². The lowest BCUT2D eigenvalue weighted by atomic mass is 9.98. The van der Waals surface area contributed by atoms with E-state index in [1.165, 1.54) is 4.31 Å². The summed E-state index contributed by atoms with van der Waals surface area (Å²) in [7, 11) is -3.34. The van der Waals surface area contributed by atoms with Crippen molar-refractivity contribution in [1.82, 2.24) is 4.31 Å². The van der Waals surface area contributed by atoms with E-state index in [0.29, 0.717) is 25.5 Å². The maximum Gasteiger partial charge on any atom is 0.228 e. The molecule has 0 bridgehead atoms. The molecule has 2 rings (SSSR count). The van der Waals surface area contributed by atoms with Crippen molar-refractivity contribution in [2.75, 3.05) is 24.2 Å². The maximum atomic E-state index is 13.5. The monoisotopic (exact) mass is 332 g/mol. The lowest BCUT2D eigenvalue weighted by Gasteiger charge is -2.30. The molecule has 1 aromatic rings. The third kappa shape index (κ3) is 3.80. The average molecular weight is 332 g/mol. The van der Waals surface area contributed by atoms with Crippen molar-refractivity contribution in [3.8, 4) is 0 Å². The highest BCUT2D eigenvalue weighted by Crippen LogP contribution is 2.22. The van der Waals surface area contributed by atoms with Gasteiger partial charge in [0.2, 0.25) is 15.9 Å². The smallest absolute Gasteiger partial charge is 0.228 e. The summed E-state index contributed by atoms with van der Waals surface area (Å²) < 4.78 is 51.4. The summed E-state index contributed by atoms with van der Waals surface area (Å²) in [4.78, 5) is 12.2. The molecule has 1 aliphatic heterocycles. The lowest BCUT2D eigenvalue weighted by molar-refractivity contribution is -0.120. The molecule has 0 unspecified atom stereocenters. The van der Waals surface area contributed by atoms with Crippen molar-refractivity contribution in [2.24, 2.45) is 5.92 Å². The van der Waals surface area contributed by atoms with Gasteiger partial charge in [0.15, 0.2) is 0 Å². The van der Waals surface area contributed by atoms with Crippen LogP contribution in [0.3, 0.4) is 0 Å². The van der Waals surface area contributed by atoms with Gasteiger partial charge < -0.3 is 5.32 Å². The van der Waals surface area contributed by atoms with E-state index in [2.05, 4.69) is 5.32 Å². The van der Waals surface area contributed by atoms with Crippen LogP contribution in [-0.4, -0.2) is 37.5 Å². The van der Waals surface area contributed by atoms with E-state index in [4.69, 9.17) is 0 Å². The number of sulfonamides is 1. The minimum absolute atomic E-state index is 0.0199. The Morgan fingerprint density at radius 3 is 2.77 bits per heavy atom. The predicted molar refractivity (Wildman–Crippen MR) is 78.7 cm³/mol. The van der Waals surface area contributed by atoms with Gasteiger partial charge in [-0.1, -0.05) is 0 Å². The van der Waals surface area contributed by atoms with Crippen molar-refractivity contribution < 1.29 is 22.0 Å². The number of hydrogen-bond acceptors (Lipinski definition) is 3. The number of benzene rings is 1. The third-order valence-electron chi connectivity index (χ3n) is 3.70. The van der Waals surface area contributed by atoms with Crippen molar-refractivity contribution in [2.45, 2.75) is 19.8 Å². The van der Waals surface area contributed by atoms with Crippen LogP contribution in [0.25, 0.3) is 0 Å². The number of halogens is 2. The van der Waals surface area contributed by atoms with Gasteiger partial charge in [0.25, 0.3) is 0 Å². The Morgan fingerprint density at radius 2 is 2.14 bits per heavy atom. The van der Waals surface area contributed by atoms with Gasteiger partial charge in [0.1, 0.15) is 11.6 Å². The highest BCUT2D eigenvalue weighted by molar-refractivity contribution is 7.89. The van der Waals surface area contributed by atoms with Gasteiger partial charge >= 0.3 is 0 Å². The van der Waals surface area contributed by atoms with Crippen LogP contribution >= 0.6 is 0 Å². The first-order valence-electron chi connectivity index (χ1n) is 7.07. The van der Waals surface area contributed by atoms with Crippen LogP contribution in [0.5, 0.6) is 0 Å². The molecular formula is C14H18F2N2O3S. The zero-order valence-electron chi connectivity index (χ0n) is 12.2. The molecule has 0 aromatic heterocycles. The summed E-state index contributed by atoms with van der Waals surface area (Å²) in [6.07, 6.45) is 1.10. The minimum atomic E-state index is -3.34. The summed E-state index contributed by atoms with van der Waals surface area (Å²) in [5.74, 6) is -2.61. The van der Waals surface area contributed by atoms with E-state index in [0.717, 1.165) is 12.1 Å². The van der Waals surface area contributed by atoms with Crippen LogP contribution in [-0.2, 0) is 14.8 Å². The molecule has 1 amide bonds. The Kier molecular flexibility index (Phi) is 5.12. The second kappa shape index (κ2) is 6.70. The van der Waals surface area contributed by atoms with E-state index in [-0.39, 0.29) is 18.0 Å². The van der Waals surface area contributed by atoms with Gasteiger partial charge in [-0.25, -0.2) is 21.5 Å². The standard InChI is InChI=1S/C14H18F2N2O3S/c1-2-22(20,21)18-7-3-4-10(9-18)14(19)17-13-6-5-11(15)8-12(13)16/h5-6,8,10H,2-4,7,9H2,1H3,(H,17,19)/t10-/m1/s1. The molecule has 0 saturated carbocycles. The maximum absolute atomic E-state index is 13.5. The summed E-state index contributed by atoms with van der Waals surface area (Å²) in [5.41, 5.74) is -0.109. The highest BCUT2D eigenvalue weighted by Gasteiger charge is 2.31. The molecule has 1 fully saturated rings. The molecule has 1 saturated heterocycles. The molecule has 122 valence electrons. The van der Waals surface area contributed by atoms with Crippen molar-refractivity contribution >= 4 is 21.6 Å². The quantitative estimate of drug-likeness (QED) is 0.917. The van der Waals surface area contributed by atoms with E-state index in [1.54, 1.807) is 6.92 Å². The zero-order chi connectivity index (χ0) is 16.3. The first-order valence-corrected chi connectivity index (χ1v) is 8.68. The number of nitrogens with zero attached hydrogens (tertiary/aromatic N) is 1. The zero-order valence-corrected chi connectivity index (χ0v) is 13.0. The first kappa shape index (κ1) is 16.8. The number of amides is 1. The molecule has 22 heavy (non-hydrogen) atoms. The van der Waals surface area contributed by atoms with Crippen LogP contribution in [0, 0.1) is 17.6 Å². The van der Waals surface area contributed by atoms with E-state index < -0.39 is 33.5 Å². The second-order valence-electron chi connectivity index (χ2n) is 5.21. The summed E-state index contributed by atoms with van der Waals surface area (Å²) in [6.45, 7) is 2.03. The minimum Gasteiger partial charge on any atom is -0.323 e. The van der Waals surface area contributed by atoms with Gasteiger partial charge in [0.05, 0.1) is 17.4 Å². The number of anilines is 1. The van der Waals surface area contributed by atoms with Gasteiger partial charge in [0, 0.05) is 19.2 Å². The van der Waals surface area contributed by atoms with E-state index in [1.807, 2.05) is 0 Å². The molecule has 1 atom stereocenters. The largest absolute Gasteiger partial charge is 0.323 e. The molecule has 1 heterocycles. The van der Waals surface area contributed by atoms with Gasteiger partial charge in [-0.15, -0.1) is 0 Å². The molecule has 8 heteroatoms. The Balaban J connectivity index is 2.06. The van der Waals surface area contributed by atoms with Gasteiger partial charge in [-0.2, -0.15) is 0 Å². The van der Waals surface area contributed by atoms with E-state index >= 15 is 0 Å². The molecule has 0 spiro atoms. The third-order valence-corrected chi connectivity index (χ3v) is 5.55. The van der Waals surface area contributed by atoms with Crippen LogP contribution in [0.1, 0.15) is 19.8 Å². The van der Waals surface area contributed by atoms with Crippen molar-refractivity contribution in [3.05, 3.63) is 29.8 Å². The van der Waals surface area contributed by atoms with Crippen LogP contribution in [0.15, 0.2) is 18.2 Å². The Bertz CT molecular complexity index is 664.